The Bertz CT molecular complexity index is 315. The molecule has 4 nitrogen and oxygen atoms in total. The summed E-state index contributed by atoms with van der Waals surface area (Å²) < 4.78 is 0. The summed E-state index contributed by atoms with van der Waals surface area (Å²) in [5.74, 6) is -0.0933. The van der Waals surface area contributed by atoms with Crippen molar-refractivity contribution < 1.29 is 9.59 Å². The molecule has 1 aliphatic rings. The average Bonchev–Trinajstić information content (AvgIpc) is 2.26. The van der Waals surface area contributed by atoms with Gasteiger partial charge >= 0.3 is 6.03 Å². The van der Waals surface area contributed by atoms with Crippen LogP contribution in [0, 0.1) is 5.41 Å². The van der Waals surface area contributed by atoms with Crippen LogP contribution in [0.1, 0.15) is 41.0 Å². The first-order chi connectivity index (χ1) is 7.07. The fraction of sp³-hybridized carbons (Fsp3) is 0.833. The molecule has 0 aromatic heterocycles. The van der Waals surface area contributed by atoms with Gasteiger partial charge in [0.25, 0.3) is 5.91 Å². The van der Waals surface area contributed by atoms with Crippen LogP contribution < -0.4 is 0 Å². The second-order valence-electron chi connectivity index (χ2n) is 6.17. The van der Waals surface area contributed by atoms with E-state index < -0.39 is 5.54 Å². The minimum atomic E-state index is -0.699. The lowest BCUT2D eigenvalue weighted by atomic mass is 9.92. The van der Waals surface area contributed by atoms with Gasteiger partial charge in [-0.05, 0) is 25.7 Å². The van der Waals surface area contributed by atoms with Crippen molar-refractivity contribution in [2.24, 2.45) is 5.41 Å². The Balaban J connectivity index is 2.77. The van der Waals surface area contributed by atoms with Crippen LogP contribution in [0.15, 0.2) is 0 Å². The molecule has 1 rings (SSSR count). The Hall–Kier alpha value is -1.06. The van der Waals surface area contributed by atoms with Crippen molar-refractivity contribution in [2.45, 2.75) is 46.6 Å². The summed E-state index contributed by atoms with van der Waals surface area (Å²) in [6, 6.07) is -0.181. The molecule has 1 aliphatic heterocycles. The van der Waals surface area contributed by atoms with E-state index >= 15 is 0 Å². The van der Waals surface area contributed by atoms with Crippen molar-refractivity contribution in [3.63, 3.8) is 0 Å². The van der Waals surface area contributed by atoms with E-state index in [1.165, 1.54) is 9.80 Å². The maximum absolute atomic E-state index is 12.0. The fourth-order valence-corrected chi connectivity index (χ4v) is 1.63. The summed E-state index contributed by atoms with van der Waals surface area (Å²) in [6.45, 7) is 10.4. The SMILES string of the molecule is CN1C(=O)N(CCC(C)(C)C)C(=O)C1(C)C. The third-order valence-electron chi connectivity index (χ3n) is 3.21. The van der Waals surface area contributed by atoms with E-state index in [2.05, 4.69) is 20.8 Å². The number of rotatable bonds is 2. The standard InChI is InChI=1S/C12H22N2O2/c1-11(2,3)7-8-14-9(15)12(4,5)13(6)10(14)16/h7-8H2,1-6H3. The number of carbonyl (C=O) groups is 2. The number of hydrogen-bond acceptors (Lipinski definition) is 2. The van der Waals surface area contributed by atoms with Gasteiger partial charge in [-0.2, -0.15) is 0 Å². The van der Waals surface area contributed by atoms with Crippen LogP contribution in [-0.4, -0.2) is 40.9 Å². The maximum atomic E-state index is 12.0. The molecule has 1 fully saturated rings. The molecule has 1 heterocycles. The van der Waals surface area contributed by atoms with E-state index in [4.69, 9.17) is 0 Å². The van der Waals surface area contributed by atoms with E-state index in [9.17, 15) is 9.59 Å². The Labute approximate surface area is 97.6 Å². The van der Waals surface area contributed by atoms with Gasteiger partial charge in [-0.15, -0.1) is 0 Å². The third kappa shape index (κ3) is 2.20. The number of nitrogens with zero attached hydrogens (tertiary/aromatic N) is 2. The molecule has 0 N–H and O–H groups in total. The van der Waals surface area contributed by atoms with Crippen LogP contribution in [0.4, 0.5) is 4.79 Å². The van der Waals surface area contributed by atoms with Gasteiger partial charge in [-0.25, -0.2) is 4.79 Å². The first-order valence-corrected chi connectivity index (χ1v) is 5.67. The summed E-state index contributed by atoms with van der Waals surface area (Å²) in [4.78, 5) is 26.8. The van der Waals surface area contributed by atoms with Crippen molar-refractivity contribution in [3.05, 3.63) is 0 Å². The first-order valence-electron chi connectivity index (χ1n) is 5.67. The van der Waals surface area contributed by atoms with Gasteiger partial charge in [0.1, 0.15) is 5.54 Å². The highest BCUT2D eigenvalue weighted by molar-refractivity contribution is 6.06. The molecule has 0 saturated carbocycles. The molecule has 0 aliphatic carbocycles. The molecule has 0 bridgehead atoms. The summed E-state index contributed by atoms with van der Waals surface area (Å²) in [5, 5.41) is 0. The highest BCUT2D eigenvalue weighted by Crippen LogP contribution is 2.27. The molecule has 92 valence electrons. The first kappa shape index (κ1) is 13.0. The lowest BCUT2D eigenvalue weighted by Gasteiger charge is -2.22. The van der Waals surface area contributed by atoms with E-state index in [1.807, 2.05) is 0 Å². The van der Waals surface area contributed by atoms with Crippen molar-refractivity contribution in [3.8, 4) is 0 Å². The minimum Gasteiger partial charge on any atom is -0.313 e. The summed E-state index contributed by atoms with van der Waals surface area (Å²) in [7, 11) is 1.68. The largest absolute Gasteiger partial charge is 0.327 e. The Morgan fingerprint density at radius 3 is 2.00 bits per heavy atom. The number of amides is 3. The number of likely N-dealkylation sites (N-methyl/N-ethyl adjacent to an activating group) is 1. The highest BCUT2D eigenvalue weighted by Gasteiger charge is 2.48. The molecule has 16 heavy (non-hydrogen) atoms. The molecule has 0 atom stereocenters. The Morgan fingerprint density at radius 1 is 1.19 bits per heavy atom. The number of hydrogen-bond donors (Lipinski definition) is 0. The lowest BCUT2D eigenvalue weighted by molar-refractivity contribution is -0.131. The summed E-state index contributed by atoms with van der Waals surface area (Å²) in [6.07, 6.45) is 0.828. The predicted molar refractivity (Wildman–Crippen MR) is 63.0 cm³/mol. The zero-order chi connectivity index (χ0) is 12.7. The van der Waals surface area contributed by atoms with Gasteiger partial charge in [0.15, 0.2) is 0 Å². The number of imide groups is 1. The molecule has 0 radical (unpaired) electrons. The zero-order valence-corrected chi connectivity index (χ0v) is 11.1. The minimum absolute atomic E-state index is 0.0933. The molecule has 0 aromatic rings. The van der Waals surface area contributed by atoms with Crippen molar-refractivity contribution in [1.29, 1.82) is 0 Å². The van der Waals surface area contributed by atoms with Crippen LogP contribution in [0.5, 0.6) is 0 Å². The van der Waals surface area contributed by atoms with Crippen molar-refractivity contribution in [1.82, 2.24) is 9.80 Å². The second-order valence-corrected chi connectivity index (χ2v) is 6.17. The molecule has 4 heteroatoms. The smallest absolute Gasteiger partial charge is 0.313 e. The molecule has 1 saturated heterocycles. The molecule has 0 spiro atoms. The van der Waals surface area contributed by atoms with Crippen LogP contribution in [0.25, 0.3) is 0 Å². The normalized spacial score (nSPS) is 20.9. The number of urea groups is 1. The lowest BCUT2D eigenvalue weighted by Crippen LogP contribution is -2.41. The third-order valence-corrected chi connectivity index (χ3v) is 3.21. The van der Waals surface area contributed by atoms with Crippen LogP contribution >= 0.6 is 0 Å². The van der Waals surface area contributed by atoms with Gasteiger partial charge < -0.3 is 4.90 Å². The quantitative estimate of drug-likeness (QED) is 0.676. The van der Waals surface area contributed by atoms with Gasteiger partial charge in [0.05, 0.1) is 0 Å². The van der Waals surface area contributed by atoms with Crippen LogP contribution in [-0.2, 0) is 4.79 Å². The van der Waals surface area contributed by atoms with E-state index in [-0.39, 0.29) is 17.4 Å². The highest BCUT2D eigenvalue weighted by atomic mass is 16.2. The monoisotopic (exact) mass is 226 g/mol. The fourth-order valence-electron chi connectivity index (χ4n) is 1.63. The Kier molecular flexibility index (Phi) is 3.05. The van der Waals surface area contributed by atoms with Gasteiger partial charge in [-0.3, -0.25) is 9.69 Å². The summed E-state index contributed by atoms with van der Waals surface area (Å²) in [5.41, 5.74) is -0.569. The van der Waals surface area contributed by atoms with Crippen molar-refractivity contribution in [2.75, 3.05) is 13.6 Å². The van der Waals surface area contributed by atoms with Gasteiger partial charge in [0, 0.05) is 13.6 Å². The second kappa shape index (κ2) is 3.75. The van der Waals surface area contributed by atoms with E-state index in [1.54, 1.807) is 20.9 Å². The zero-order valence-electron chi connectivity index (χ0n) is 11.1. The summed E-state index contributed by atoms with van der Waals surface area (Å²) >= 11 is 0. The van der Waals surface area contributed by atoms with Crippen LogP contribution in [0.3, 0.4) is 0 Å². The number of carbonyl (C=O) groups excluding carboxylic acids is 2. The molecule has 0 unspecified atom stereocenters. The van der Waals surface area contributed by atoms with E-state index in [0.717, 1.165) is 6.42 Å². The predicted octanol–water partition coefficient (Wildman–Crippen LogP) is 2.10. The van der Waals surface area contributed by atoms with E-state index in [0.29, 0.717) is 6.54 Å². The molecule has 0 aromatic carbocycles. The Morgan fingerprint density at radius 2 is 1.69 bits per heavy atom. The average molecular weight is 226 g/mol. The maximum Gasteiger partial charge on any atom is 0.327 e. The molecular formula is C12H22N2O2. The molecule has 3 amide bonds. The van der Waals surface area contributed by atoms with Gasteiger partial charge in [-0.1, -0.05) is 20.8 Å². The van der Waals surface area contributed by atoms with Gasteiger partial charge in [0.2, 0.25) is 0 Å². The molecular weight excluding hydrogens is 204 g/mol. The van der Waals surface area contributed by atoms with Crippen LogP contribution in [0.2, 0.25) is 0 Å². The van der Waals surface area contributed by atoms with Crippen molar-refractivity contribution >= 4 is 11.9 Å². The topological polar surface area (TPSA) is 40.6 Å².